The largest absolute Gasteiger partial charge is 1.00 e. The Morgan fingerprint density at radius 1 is 0.645 bits per heavy atom. The number of hydrogen-bond acceptors (Lipinski definition) is 7. The molecule has 0 heterocycles. The Bertz CT molecular complexity index is 321. The quantitative estimate of drug-likeness (QED) is 0.143. The number of aliphatic hydroxyl groups excluding tert-OH is 1. The summed E-state index contributed by atoms with van der Waals surface area (Å²) < 4.78 is 0. The molecule has 0 saturated carbocycles. The third kappa shape index (κ3) is 71.9. The maximum Gasteiger partial charge on any atom is 1.00 e. The van der Waals surface area contributed by atoms with Crippen LogP contribution in [0.5, 0.6) is 0 Å². The van der Waals surface area contributed by atoms with Crippen molar-refractivity contribution >= 4 is 12.1 Å². The first-order valence-corrected chi connectivity index (χ1v) is 10.8. The molecule has 0 fully saturated rings. The zero-order chi connectivity index (χ0) is 21.9. The van der Waals surface area contributed by atoms with Crippen LogP contribution in [-0.4, -0.2) is 30.4 Å². The molecule has 170 valence electrons. The van der Waals surface area contributed by atoms with Gasteiger partial charge in [0.25, 0.3) is 0 Å². The monoisotopic (exact) mass is 521 g/mol. The van der Waals surface area contributed by atoms with Gasteiger partial charge in [-0.2, -0.15) is 0 Å². The van der Waals surface area contributed by atoms with Gasteiger partial charge in [0, 0.05) is 12.5 Å². The van der Waals surface area contributed by atoms with Gasteiger partial charge in [-0.15, -0.1) is 0 Å². The van der Waals surface area contributed by atoms with Crippen molar-refractivity contribution in [1.29, 1.82) is 0 Å². The minimum absolute atomic E-state index is 0. The Labute approximate surface area is 318 Å². The molecule has 0 saturated heterocycles. The Morgan fingerprint density at radius 3 is 1.06 bits per heavy atom. The van der Waals surface area contributed by atoms with Crippen molar-refractivity contribution in [3.05, 3.63) is 0 Å². The van der Waals surface area contributed by atoms with Crippen molar-refractivity contribution in [2.24, 2.45) is 5.73 Å². The van der Waals surface area contributed by atoms with Gasteiger partial charge >= 0.3 is 154 Å². The van der Waals surface area contributed by atoms with Gasteiger partial charge in [-0.1, -0.05) is 96.8 Å². The molecule has 10 heteroatoms. The summed E-state index contributed by atoms with van der Waals surface area (Å²) in [6.07, 6.45) is 17.5. The fourth-order valence-corrected chi connectivity index (χ4v) is 2.64. The minimum Gasteiger partial charge on any atom is -0.652 e. The molecule has 3 N–H and O–H groups in total. The van der Waals surface area contributed by atoms with E-state index in [-0.39, 0.29) is 167 Å². The van der Waals surface area contributed by atoms with Gasteiger partial charge in [0.2, 0.25) is 0 Å². The number of aliphatic hydroxyl groups is 1. The van der Waals surface area contributed by atoms with Crippen LogP contribution < -0.4 is 175 Å². The van der Waals surface area contributed by atoms with Gasteiger partial charge in [0.05, 0.1) is 6.61 Å². The zero-order valence-corrected chi connectivity index (χ0v) is 30.2. The molecule has 0 amide bonds. The molecular formula is C21H42K3NO6. The molecule has 0 aliphatic carbocycles. The molecule has 0 aliphatic heterocycles. The summed E-state index contributed by atoms with van der Waals surface area (Å²) in [4.78, 5) is 18.6. The normalized spacial score (nSPS) is 8.74. The third-order valence-electron chi connectivity index (χ3n) is 4.11. The van der Waals surface area contributed by atoms with E-state index in [1.165, 1.54) is 83.5 Å². The summed E-state index contributed by atoms with van der Waals surface area (Å²) >= 11 is 0. The van der Waals surface area contributed by atoms with Crippen molar-refractivity contribution in [3.8, 4) is 0 Å². The molecule has 0 bridgehead atoms. The number of aliphatic carboxylic acids is 1. The van der Waals surface area contributed by atoms with E-state index >= 15 is 0 Å². The van der Waals surface area contributed by atoms with Crippen LogP contribution in [0.4, 0.5) is 4.79 Å². The summed E-state index contributed by atoms with van der Waals surface area (Å²) in [7, 11) is 0. The molecule has 0 radical (unpaired) electrons. The van der Waals surface area contributed by atoms with E-state index in [0.717, 1.165) is 12.8 Å². The van der Waals surface area contributed by atoms with Crippen molar-refractivity contribution in [3.63, 3.8) is 0 Å². The van der Waals surface area contributed by atoms with Gasteiger partial charge in [0.15, 0.2) is 0 Å². The summed E-state index contributed by atoms with van der Waals surface area (Å²) in [5.74, 6) is -0.903. The van der Waals surface area contributed by atoms with E-state index in [1.54, 1.807) is 0 Å². The fraction of sp³-hybridized carbons (Fsp3) is 0.905. The van der Waals surface area contributed by atoms with Gasteiger partial charge in [-0.3, -0.25) is 0 Å². The first-order chi connectivity index (χ1) is 13.4. The van der Waals surface area contributed by atoms with Crippen LogP contribution in [0.1, 0.15) is 110 Å². The van der Waals surface area contributed by atoms with Crippen molar-refractivity contribution in [2.75, 3.05) is 13.2 Å². The van der Waals surface area contributed by atoms with Crippen LogP contribution in [0.15, 0.2) is 0 Å². The average Bonchev–Trinajstić information content (AvgIpc) is 2.64. The number of unbranched alkanes of at least 4 members (excludes halogenated alkanes) is 14. The van der Waals surface area contributed by atoms with Crippen LogP contribution in [0.2, 0.25) is 0 Å². The Balaban J connectivity index is -0.000000122. The first kappa shape index (κ1) is 47.7. The molecule has 0 atom stereocenters. The average molecular weight is 522 g/mol. The third-order valence-corrected chi connectivity index (χ3v) is 4.11. The van der Waals surface area contributed by atoms with Crippen molar-refractivity contribution in [2.45, 2.75) is 110 Å². The van der Waals surface area contributed by atoms with E-state index in [9.17, 15) is 9.90 Å². The Kier molecular flexibility index (Phi) is 72.1. The molecule has 0 unspecified atom stereocenters. The molecular weight excluding hydrogens is 480 g/mol. The van der Waals surface area contributed by atoms with Gasteiger partial charge in [0.1, 0.15) is 0 Å². The molecule has 0 spiro atoms. The van der Waals surface area contributed by atoms with E-state index in [1.807, 2.05) is 0 Å². The van der Waals surface area contributed by atoms with Crippen LogP contribution in [-0.2, 0) is 4.79 Å². The number of nitrogens with two attached hydrogens (primary N) is 1. The van der Waals surface area contributed by atoms with Crippen LogP contribution in [0.3, 0.4) is 0 Å². The molecule has 0 aromatic carbocycles. The molecule has 0 aromatic rings. The number of carboxylic acids is 1. The second kappa shape index (κ2) is 46.8. The molecule has 0 aliphatic rings. The number of carboxylic acid groups (broad SMARTS) is 3. The topological polar surface area (TPSA) is 150 Å². The van der Waals surface area contributed by atoms with Crippen LogP contribution in [0, 0.1) is 0 Å². The fourth-order valence-electron chi connectivity index (χ4n) is 2.64. The maximum atomic E-state index is 10.2. The van der Waals surface area contributed by atoms with Crippen molar-refractivity contribution in [1.82, 2.24) is 0 Å². The van der Waals surface area contributed by atoms with Crippen LogP contribution in [0.25, 0.3) is 0 Å². The maximum absolute atomic E-state index is 10.2. The number of rotatable bonds is 17. The first-order valence-electron chi connectivity index (χ1n) is 10.8. The molecule has 7 nitrogen and oxygen atoms in total. The predicted octanol–water partition coefficient (Wildman–Crippen LogP) is -7.50. The number of carbonyl (C=O) groups is 2. The summed E-state index contributed by atoms with van der Waals surface area (Å²) in [6, 6.07) is 0. The summed E-state index contributed by atoms with van der Waals surface area (Å²) in [5, 5.41) is 34.6. The van der Waals surface area contributed by atoms with E-state index < -0.39 is 12.1 Å². The second-order valence-corrected chi connectivity index (χ2v) is 6.83. The van der Waals surface area contributed by atoms with E-state index in [2.05, 4.69) is 6.92 Å². The van der Waals surface area contributed by atoms with Crippen LogP contribution >= 0.6 is 0 Å². The van der Waals surface area contributed by atoms with E-state index in [0.29, 0.717) is 6.54 Å². The Hall–Kier alpha value is 3.57. The standard InChI is InChI=1S/C18H36O2.C2H7NO.CH2O3.3K/c1-2-3-4-5-6-7-8-9-10-11-12-13-14-15-16-17-18(19)20;3-1-2-4;2-1(3)4;;;/h2-17H2,1H3,(H,19,20);4H,1-3H2;(H2,2,3,4);;;/q;;;3*+1/p-3. The molecule has 31 heavy (non-hydrogen) atoms. The molecule has 0 rings (SSSR count). The summed E-state index contributed by atoms with van der Waals surface area (Å²) in [6.45, 7) is 2.74. The van der Waals surface area contributed by atoms with Gasteiger partial charge < -0.3 is 35.7 Å². The summed E-state index contributed by atoms with van der Waals surface area (Å²) in [5.41, 5.74) is 4.78. The molecule has 0 aromatic heterocycles. The number of carbonyl (C=O) groups excluding carboxylic acids is 2. The van der Waals surface area contributed by atoms with Gasteiger partial charge in [-0.25, -0.2) is 0 Å². The minimum atomic E-state index is -2.33. The second-order valence-electron chi connectivity index (χ2n) is 6.83. The predicted molar refractivity (Wildman–Crippen MR) is 106 cm³/mol. The Morgan fingerprint density at radius 2 is 0.871 bits per heavy atom. The number of hydrogen-bond donors (Lipinski definition) is 2. The van der Waals surface area contributed by atoms with Gasteiger partial charge in [-0.05, 0) is 19.0 Å². The smallest absolute Gasteiger partial charge is 0.652 e. The zero-order valence-electron chi connectivity index (χ0n) is 20.8. The van der Waals surface area contributed by atoms with E-state index in [4.69, 9.17) is 25.8 Å². The SMILES string of the molecule is CCCCCCCCCCCCCCCCCC(=O)[O-].NCCO.O=C([O-])[O-].[K+].[K+].[K+]. The van der Waals surface area contributed by atoms with Crippen molar-refractivity contribution < 1.29 is 184 Å².